The van der Waals surface area contributed by atoms with E-state index in [1.165, 1.54) is 5.56 Å². The number of hydrogen-bond donors (Lipinski definition) is 0. The molecule has 0 amide bonds. The quantitative estimate of drug-likeness (QED) is 0.416. The Labute approximate surface area is 140 Å². The van der Waals surface area contributed by atoms with E-state index in [1.807, 2.05) is 36.6 Å². The first kappa shape index (κ1) is 14.2. The van der Waals surface area contributed by atoms with Gasteiger partial charge in [-0.15, -0.1) is 11.8 Å². The van der Waals surface area contributed by atoms with Crippen LogP contribution in [0.5, 0.6) is 0 Å². The van der Waals surface area contributed by atoms with Crippen molar-refractivity contribution in [3.63, 3.8) is 0 Å². The normalized spacial score (nSPS) is 11.0. The Hall–Kier alpha value is -2.45. The van der Waals surface area contributed by atoms with Crippen LogP contribution in [0.4, 0.5) is 0 Å². The van der Waals surface area contributed by atoms with Crippen molar-refractivity contribution in [1.82, 2.24) is 0 Å². The van der Waals surface area contributed by atoms with Gasteiger partial charge in [0.2, 0.25) is 0 Å². The van der Waals surface area contributed by atoms with Crippen molar-refractivity contribution in [1.29, 1.82) is 0 Å². The zero-order valence-electron chi connectivity index (χ0n) is 12.5. The van der Waals surface area contributed by atoms with Crippen LogP contribution in [0.3, 0.4) is 0 Å². The lowest BCUT2D eigenvalue weighted by molar-refractivity contribution is 0.586. The highest BCUT2D eigenvalue weighted by Crippen LogP contribution is 2.37. The van der Waals surface area contributed by atoms with Gasteiger partial charge in [-0.2, -0.15) is 0 Å². The number of rotatable bonds is 4. The summed E-state index contributed by atoms with van der Waals surface area (Å²) in [5.41, 5.74) is 2.42. The largest absolute Gasteiger partial charge is 0.463 e. The van der Waals surface area contributed by atoms with Gasteiger partial charge in [0.25, 0.3) is 0 Å². The fraction of sp³-hybridized carbons (Fsp3) is 0.0476. The van der Waals surface area contributed by atoms with E-state index in [9.17, 15) is 0 Å². The van der Waals surface area contributed by atoms with Crippen molar-refractivity contribution in [2.24, 2.45) is 0 Å². The summed E-state index contributed by atoms with van der Waals surface area (Å²) in [5, 5.41) is 2.28. The van der Waals surface area contributed by atoms with E-state index in [2.05, 4.69) is 48.5 Å². The lowest BCUT2D eigenvalue weighted by Crippen LogP contribution is -1.84. The van der Waals surface area contributed by atoms with Crippen LogP contribution in [0.15, 0.2) is 88.4 Å². The van der Waals surface area contributed by atoms with Gasteiger partial charge < -0.3 is 4.42 Å². The van der Waals surface area contributed by atoms with Crippen LogP contribution in [0, 0.1) is 6.07 Å². The first-order chi connectivity index (χ1) is 11.4. The maximum Gasteiger partial charge on any atom is 0.142 e. The van der Waals surface area contributed by atoms with Crippen molar-refractivity contribution in [2.45, 2.75) is 10.6 Å². The maximum atomic E-state index is 5.86. The second kappa shape index (κ2) is 6.35. The molecule has 1 nitrogen and oxygen atoms in total. The van der Waals surface area contributed by atoms with E-state index >= 15 is 0 Å². The number of hydrogen-bond acceptors (Lipinski definition) is 2. The molecule has 111 valence electrons. The first-order valence-corrected chi connectivity index (χ1v) is 8.54. The molecule has 0 saturated carbocycles. The van der Waals surface area contributed by atoms with Crippen molar-refractivity contribution in [3.8, 4) is 11.3 Å². The third-order valence-corrected chi connectivity index (χ3v) is 4.90. The fourth-order valence-corrected chi connectivity index (χ4v) is 3.62. The summed E-state index contributed by atoms with van der Waals surface area (Å²) in [4.78, 5) is 1.12. The summed E-state index contributed by atoms with van der Waals surface area (Å²) >= 11 is 1.79. The van der Waals surface area contributed by atoms with Crippen LogP contribution in [-0.2, 0) is 5.75 Å². The highest BCUT2D eigenvalue weighted by atomic mass is 32.2. The van der Waals surface area contributed by atoms with E-state index in [0.29, 0.717) is 0 Å². The van der Waals surface area contributed by atoms with Crippen LogP contribution in [0.2, 0.25) is 0 Å². The number of fused-ring (bicyclic) bond motifs is 1. The van der Waals surface area contributed by atoms with Gasteiger partial charge in [0.05, 0.1) is 6.26 Å². The second-order valence-corrected chi connectivity index (χ2v) is 6.32. The monoisotopic (exact) mass is 315 g/mol. The molecule has 0 bridgehead atoms. The second-order valence-electron chi connectivity index (χ2n) is 5.34. The standard InChI is InChI=1S/C21H15OS/c1-2-8-16(9-3-1)15-23-20-13-7-6-12-19(20)21-18-11-5-4-10-17(18)14-22-21/h1-12,14H,15H2. The van der Waals surface area contributed by atoms with E-state index in [1.54, 1.807) is 11.8 Å². The summed E-state index contributed by atoms with van der Waals surface area (Å²) in [5.74, 6) is 1.85. The van der Waals surface area contributed by atoms with Gasteiger partial charge in [0.15, 0.2) is 0 Å². The third kappa shape index (κ3) is 2.90. The maximum absolute atomic E-state index is 5.86. The lowest BCUT2D eigenvalue weighted by atomic mass is 10.1. The molecule has 4 rings (SSSR count). The highest BCUT2D eigenvalue weighted by Gasteiger charge is 2.12. The van der Waals surface area contributed by atoms with Gasteiger partial charge in [-0.05, 0) is 11.6 Å². The SMILES string of the molecule is [c]1cccc(-c2occ3ccccc23)c1SCc1ccccc1. The molecular weight excluding hydrogens is 300 g/mol. The van der Waals surface area contributed by atoms with Gasteiger partial charge in [-0.3, -0.25) is 0 Å². The minimum absolute atomic E-state index is 0.924. The van der Waals surface area contributed by atoms with Gasteiger partial charge >= 0.3 is 0 Å². The van der Waals surface area contributed by atoms with Gasteiger partial charge in [-0.25, -0.2) is 0 Å². The van der Waals surface area contributed by atoms with Crippen molar-refractivity contribution in [2.75, 3.05) is 0 Å². The Morgan fingerprint density at radius 1 is 0.870 bits per heavy atom. The molecule has 1 radical (unpaired) electrons. The molecule has 0 aliphatic heterocycles. The third-order valence-electron chi connectivity index (χ3n) is 3.80. The zero-order valence-corrected chi connectivity index (χ0v) is 13.3. The molecule has 0 N–H and O–H groups in total. The molecule has 0 unspecified atom stereocenters. The molecular formula is C21H15OS. The van der Waals surface area contributed by atoms with Gasteiger partial charge in [0.1, 0.15) is 5.76 Å². The molecule has 3 aromatic carbocycles. The molecule has 1 aromatic heterocycles. The van der Waals surface area contributed by atoms with E-state index in [4.69, 9.17) is 4.42 Å². The van der Waals surface area contributed by atoms with Crippen molar-refractivity contribution in [3.05, 3.63) is 90.7 Å². The van der Waals surface area contributed by atoms with Gasteiger partial charge in [-0.1, -0.05) is 72.8 Å². The number of thioether (sulfide) groups is 1. The Morgan fingerprint density at radius 2 is 1.70 bits per heavy atom. The Balaban J connectivity index is 1.70. The topological polar surface area (TPSA) is 13.1 Å². The molecule has 4 aromatic rings. The molecule has 0 fully saturated rings. The summed E-state index contributed by atoms with van der Waals surface area (Å²) in [6, 6.07) is 28.2. The molecule has 0 aliphatic rings. The predicted molar refractivity (Wildman–Crippen MR) is 96.5 cm³/mol. The van der Waals surface area contributed by atoms with Gasteiger partial charge in [0, 0.05) is 27.0 Å². The minimum Gasteiger partial charge on any atom is -0.463 e. The van der Waals surface area contributed by atoms with E-state index in [-0.39, 0.29) is 0 Å². The fourth-order valence-electron chi connectivity index (χ4n) is 2.65. The summed E-state index contributed by atoms with van der Waals surface area (Å²) < 4.78 is 5.86. The summed E-state index contributed by atoms with van der Waals surface area (Å²) in [6.45, 7) is 0. The van der Waals surface area contributed by atoms with Crippen molar-refractivity contribution >= 4 is 22.5 Å². The molecule has 1 heterocycles. The van der Waals surface area contributed by atoms with E-state index in [0.717, 1.165) is 32.7 Å². The molecule has 23 heavy (non-hydrogen) atoms. The van der Waals surface area contributed by atoms with Crippen LogP contribution >= 0.6 is 11.8 Å². The molecule has 2 heteroatoms. The first-order valence-electron chi connectivity index (χ1n) is 7.56. The molecule has 0 spiro atoms. The number of furan rings is 1. The Bertz CT molecular complexity index is 925. The Morgan fingerprint density at radius 3 is 2.61 bits per heavy atom. The summed E-state index contributed by atoms with van der Waals surface area (Å²) in [7, 11) is 0. The smallest absolute Gasteiger partial charge is 0.142 e. The predicted octanol–water partition coefficient (Wildman–Crippen LogP) is 6.19. The van der Waals surface area contributed by atoms with Crippen LogP contribution in [0.25, 0.3) is 22.1 Å². The van der Waals surface area contributed by atoms with Crippen molar-refractivity contribution < 1.29 is 4.42 Å². The molecule has 0 saturated heterocycles. The zero-order chi connectivity index (χ0) is 15.5. The lowest BCUT2D eigenvalue weighted by Gasteiger charge is -2.07. The number of benzene rings is 3. The Kier molecular flexibility index (Phi) is 3.91. The van der Waals surface area contributed by atoms with Crippen LogP contribution < -0.4 is 0 Å². The van der Waals surface area contributed by atoms with Crippen LogP contribution in [-0.4, -0.2) is 0 Å². The molecule has 0 atom stereocenters. The summed E-state index contributed by atoms with van der Waals surface area (Å²) in [6.07, 6.45) is 1.82. The minimum atomic E-state index is 0.924. The average molecular weight is 315 g/mol. The highest BCUT2D eigenvalue weighted by molar-refractivity contribution is 7.98. The van der Waals surface area contributed by atoms with E-state index < -0.39 is 0 Å². The average Bonchev–Trinajstić information content (AvgIpc) is 3.05. The molecule has 0 aliphatic carbocycles. The van der Waals surface area contributed by atoms with Crippen LogP contribution in [0.1, 0.15) is 5.56 Å².